The van der Waals surface area contributed by atoms with Crippen LogP contribution in [0, 0.1) is 32.3 Å². The molecule has 0 unspecified atom stereocenters. The van der Waals surface area contributed by atoms with Gasteiger partial charge in [0.25, 0.3) is 0 Å². The first-order chi connectivity index (χ1) is 14.4. The lowest BCUT2D eigenvalue weighted by molar-refractivity contribution is 0.0850. The van der Waals surface area contributed by atoms with Gasteiger partial charge in [0, 0.05) is 30.7 Å². The van der Waals surface area contributed by atoms with Gasteiger partial charge in [0.15, 0.2) is 11.5 Å². The lowest BCUT2D eigenvalue weighted by Gasteiger charge is -2.34. The first-order valence-corrected chi connectivity index (χ1v) is 10.6. The molecule has 0 aliphatic carbocycles. The zero-order chi connectivity index (χ0) is 21.4. The van der Waals surface area contributed by atoms with Gasteiger partial charge < -0.3 is 4.57 Å². The fourth-order valence-corrected chi connectivity index (χ4v) is 4.93. The number of Topliss-reactive ketones (excluding diaryl/α,β-unsaturated/α-hetero) is 1. The Kier molecular flexibility index (Phi) is 5.44. The van der Waals surface area contributed by atoms with Crippen molar-refractivity contribution in [2.75, 3.05) is 19.6 Å². The highest BCUT2D eigenvalue weighted by Gasteiger charge is 2.27. The molecule has 3 heterocycles. The summed E-state index contributed by atoms with van der Waals surface area (Å²) in [5.74, 6) is 1.36. The zero-order valence-electron chi connectivity index (χ0n) is 18.1. The third-order valence-corrected chi connectivity index (χ3v) is 6.01. The number of likely N-dealkylation sites (tertiary alicyclic amines) is 1. The predicted molar refractivity (Wildman–Crippen MR) is 121 cm³/mol. The van der Waals surface area contributed by atoms with Crippen molar-refractivity contribution in [3.05, 3.63) is 64.8 Å². The highest BCUT2D eigenvalue weighted by atomic mass is 16.1. The summed E-state index contributed by atoms with van der Waals surface area (Å²) in [7, 11) is 0. The minimum absolute atomic E-state index is 0.131. The maximum Gasteiger partial charge on any atom is 0.187 e. The minimum atomic E-state index is 0.131. The van der Waals surface area contributed by atoms with Crippen molar-refractivity contribution >= 4 is 22.5 Å². The molecule has 3 aromatic rings. The summed E-state index contributed by atoms with van der Waals surface area (Å²) in [6.07, 6.45) is 3.06. The van der Waals surface area contributed by atoms with Gasteiger partial charge in [-0.15, -0.1) is 0 Å². The number of piperidine rings is 1. The van der Waals surface area contributed by atoms with E-state index < -0.39 is 0 Å². The van der Waals surface area contributed by atoms with Gasteiger partial charge >= 0.3 is 0 Å². The molecule has 0 saturated carbocycles. The van der Waals surface area contributed by atoms with Gasteiger partial charge in [0.05, 0.1) is 29.7 Å². The number of carbonyl (C=O) groups is 1. The molecular formula is C25H28N4O. The molecule has 1 saturated heterocycles. The highest BCUT2D eigenvalue weighted by molar-refractivity contribution is 6.09. The average molecular weight is 401 g/mol. The Hall–Kier alpha value is -2.97. The van der Waals surface area contributed by atoms with E-state index in [4.69, 9.17) is 6.57 Å². The number of fused-ring (bicyclic) bond motifs is 1. The third-order valence-electron chi connectivity index (χ3n) is 6.01. The summed E-state index contributed by atoms with van der Waals surface area (Å²) in [6.45, 7) is 18.1. The molecule has 5 heteroatoms. The van der Waals surface area contributed by atoms with Crippen molar-refractivity contribution in [3.8, 4) is 5.69 Å². The van der Waals surface area contributed by atoms with Crippen LogP contribution in [0.15, 0.2) is 36.5 Å². The molecule has 2 aromatic heterocycles. The Morgan fingerprint density at radius 3 is 2.47 bits per heavy atom. The van der Waals surface area contributed by atoms with Crippen LogP contribution < -0.4 is 0 Å². The quantitative estimate of drug-likeness (QED) is 0.438. The number of carbonyl (C=O) groups excluding carboxylic acids is 1. The van der Waals surface area contributed by atoms with Crippen LogP contribution in [-0.2, 0) is 0 Å². The Morgan fingerprint density at radius 2 is 1.83 bits per heavy atom. The molecule has 154 valence electrons. The second-order valence-corrected chi connectivity index (χ2v) is 8.87. The van der Waals surface area contributed by atoms with Gasteiger partial charge in [0.1, 0.15) is 0 Å². The number of aromatic nitrogens is 2. The van der Waals surface area contributed by atoms with Crippen LogP contribution in [0.4, 0.5) is 5.69 Å². The summed E-state index contributed by atoms with van der Waals surface area (Å²) in [5, 5.41) is 0. The summed E-state index contributed by atoms with van der Waals surface area (Å²) in [4.78, 5) is 23.9. The largest absolute Gasteiger partial charge is 0.312 e. The molecule has 0 radical (unpaired) electrons. The summed E-state index contributed by atoms with van der Waals surface area (Å²) < 4.78 is 2.09. The fourth-order valence-electron chi connectivity index (χ4n) is 4.93. The monoisotopic (exact) mass is 400 g/mol. The number of pyridine rings is 1. The van der Waals surface area contributed by atoms with E-state index >= 15 is 0 Å². The maximum atomic E-state index is 13.5. The number of ketones is 1. The maximum absolute atomic E-state index is 13.5. The summed E-state index contributed by atoms with van der Waals surface area (Å²) in [6, 6.07) is 9.58. The molecule has 0 spiro atoms. The van der Waals surface area contributed by atoms with Crippen molar-refractivity contribution in [2.45, 2.75) is 34.1 Å². The summed E-state index contributed by atoms with van der Waals surface area (Å²) >= 11 is 0. The number of hydrogen-bond donors (Lipinski definition) is 0. The third kappa shape index (κ3) is 3.76. The van der Waals surface area contributed by atoms with Crippen molar-refractivity contribution < 1.29 is 4.79 Å². The molecule has 2 atom stereocenters. The van der Waals surface area contributed by atoms with E-state index in [1.807, 2.05) is 44.3 Å². The Labute approximate surface area is 178 Å². The first-order valence-electron chi connectivity index (χ1n) is 10.6. The van der Waals surface area contributed by atoms with Gasteiger partial charge in [-0.1, -0.05) is 26.0 Å². The van der Waals surface area contributed by atoms with Crippen LogP contribution in [0.25, 0.3) is 21.6 Å². The number of rotatable bonds is 4. The van der Waals surface area contributed by atoms with E-state index in [0.717, 1.165) is 41.1 Å². The lowest BCUT2D eigenvalue weighted by atomic mass is 9.91. The second kappa shape index (κ2) is 8.04. The minimum Gasteiger partial charge on any atom is -0.312 e. The van der Waals surface area contributed by atoms with E-state index in [2.05, 4.69) is 39.2 Å². The number of aryl methyl sites for hydroxylation is 1. The van der Waals surface area contributed by atoms with Crippen LogP contribution in [0.2, 0.25) is 0 Å². The lowest BCUT2D eigenvalue weighted by Crippen LogP contribution is -2.41. The van der Waals surface area contributed by atoms with Crippen molar-refractivity contribution in [1.29, 1.82) is 0 Å². The van der Waals surface area contributed by atoms with Gasteiger partial charge in [-0.05, 0) is 55.9 Å². The predicted octanol–water partition coefficient (Wildman–Crippen LogP) is 5.35. The highest BCUT2D eigenvalue weighted by Crippen LogP contribution is 2.30. The molecule has 4 rings (SSSR count). The van der Waals surface area contributed by atoms with Crippen LogP contribution in [0.3, 0.4) is 0 Å². The molecule has 5 nitrogen and oxygen atoms in total. The van der Waals surface area contributed by atoms with Crippen LogP contribution in [0.1, 0.15) is 41.9 Å². The average Bonchev–Trinajstić information content (AvgIpc) is 2.98. The fraction of sp³-hybridized carbons (Fsp3) is 0.400. The molecule has 1 aliphatic heterocycles. The van der Waals surface area contributed by atoms with Crippen LogP contribution >= 0.6 is 0 Å². The standard InChI is InChI=1S/C25H28N4O/c1-16-11-22-25(27-12-16)24(23(30)15-28-13-17(2)10-18(3)14-28)19(4)29(22)21-8-6-20(26-5)7-9-21/h6-9,11-12,17-18H,10,13-15H2,1-4H3/t17-,18-/m0/s1. The molecule has 1 fully saturated rings. The van der Waals surface area contributed by atoms with Gasteiger partial charge in [-0.3, -0.25) is 14.7 Å². The molecular weight excluding hydrogens is 372 g/mol. The smallest absolute Gasteiger partial charge is 0.187 e. The van der Waals surface area contributed by atoms with Gasteiger partial charge in [-0.2, -0.15) is 0 Å². The molecule has 30 heavy (non-hydrogen) atoms. The normalized spacial score (nSPS) is 19.7. The molecule has 1 aliphatic rings. The Balaban J connectivity index is 1.77. The topological polar surface area (TPSA) is 42.5 Å². The molecule has 1 aromatic carbocycles. The van der Waals surface area contributed by atoms with Crippen molar-refractivity contribution in [2.24, 2.45) is 11.8 Å². The SMILES string of the molecule is [C-]#[N+]c1ccc(-n2c(C)c(C(=O)CN3C[C@@H](C)C[C@H](C)C3)c3ncc(C)cc32)cc1. The van der Waals surface area contributed by atoms with Crippen LogP contribution in [0.5, 0.6) is 0 Å². The van der Waals surface area contributed by atoms with Gasteiger partial charge in [-0.25, -0.2) is 4.85 Å². The van der Waals surface area contributed by atoms with E-state index in [9.17, 15) is 4.79 Å². The zero-order valence-corrected chi connectivity index (χ0v) is 18.1. The van der Waals surface area contributed by atoms with E-state index in [1.54, 1.807) is 0 Å². The van der Waals surface area contributed by atoms with E-state index in [0.29, 0.717) is 29.6 Å². The number of nitrogens with zero attached hydrogens (tertiary/aromatic N) is 4. The summed E-state index contributed by atoms with van der Waals surface area (Å²) in [5.41, 5.74) is 5.91. The molecule has 0 bridgehead atoms. The van der Waals surface area contributed by atoms with Crippen LogP contribution in [-0.4, -0.2) is 39.9 Å². The number of hydrogen-bond acceptors (Lipinski definition) is 3. The van der Waals surface area contributed by atoms with E-state index in [1.165, 1.54) is 6.42 Å². The van der Waals surface area contributed by atoms with Crippen molar-refractivity contribution in [3.63, 3.8) is 0 Å². The Bertz CT molecular complexity index is 1130. The first kappa shape index (κ1) is 20.3. The molecule has 0 N–H and O–H groups in total. The van der Waals surface area contributed by atoms with E-state index in [-0.39, 0.29) is 5.78 Å². The van der Waals surface area contributed by atoms with Gasteiger partial charge in [0.2, 0.25) is 0 Å². The Morgan fingerprint density at radius 1 is 1.17 bits per heavy atom. The second-order valence-electron chi connectivity index (χ2n) is 8.87. The molecule has 0 amide bonds. The van der Waals surface area contributed by atoms with Crippen molar-refractivity contribution in [1.82, 2.24) is 14.5 Å². The number of benzene rings is 1.